The summed E-state index contributed by atoms with van der Waals surface area (Å²) in [6.45, 7) is 12.3. The number of rotatable bonds is 10. The molecule has 0 amide bonds. The van der Waals surface area contributed by atoms with Crippen LogP contribution in [0.2, 0.25) is 0 Å². The number of nitrogens with zero attached hydrogens (tertiary/aromatic N) is 1. The Balaban J connectivity index is 2.70. The third-order valence-corrected chi connectivity index (χ3v) is 4.08. The molecular formula is C19H34N2. The van der Waals surface area contributed by atoms with E-state index in [0.29, 0.717) is 6.04 Å². The summed E-state index contributed by atoms with van der Waals surface area (Å²) in [5.74, 6) is 0. The largest absolute Gasteiger partial charge is 0.309 e. The highest BCUT2D eigenvalue weighted by Crippen LogP contribution is 2.20. The van der Waals surface area contributed by atoms with Crippen LogP contribution in [0.5, 0.6) is 0 Å². The van der Waals surface area contributed by atoms with E-state index in [0.717, 1.165) is 13.1 Å². The van der Waals surface area contributed by atoms with Gasteiger partial charge < -0.3 is 10.2 Å². The van der Waals surface area contributed by atoms with E-state index in [2.05, 4.69) is 63.2 Å². The molecule has 1 unspecified atom stereocenters. The molecule has 0 aliphatic heterocycles. The van der Waals surface area contributed by atoms with Gasteiger partial charge >= 0.3 is 0 Å². The third-order valence-electron chi connectivity index (χ3n) is 4.08. The molecule has 1 aromatic carbocycles. The SMILES string of the molecule is CCCCCN(C)CC(NCCC)c1ccc(C)cc1C. The van der Waals surface area contributed by atoms with Crippen molar-refractivity contribution >= 4 is 0 Å². The quantitative estimate of drug-likeness (QED) is 0.640. The third kappa shape index (κ3) is 6.62. The molecule has 1 N–H and O–H groups in total. The van der Waals surface area contributed by atoms with E-state index in [1.54, 1.807) is 0 Å². The van der Waals surface area contributed by atoms with Crippen molar-refractivity contribution in [1.29, 1.82) is 0 Å². The number of likely N-dealkylation sites (N-methyl/N-ethyl adjacent to an activating group) is 1. The van der Waals surface area contributed by atoms with Crippen molar-refractivity contribution in [1.82, 2.24) is 10.2 Å². The molecule has 0 heterocycles. The molecule has 0 aliphatic carbocycles. The van der Waals surface area contributed by atoms with Crippen molar-refractivity contribution in [2.45, 2.75) is 59.4 Å². The summed E-state index contributed by atoms with van der Waals surface area (Å²) in [7, 11) is 2.25. The Morgan fingerprint density at radius 2 is 1.86 bits per heavy atom. The maximum Gasteiger partial charge on any atom is 0.0451 e. The molecular weight excluding hydrogens is 256 g/mol. The summed E-state index contributed by atoms with van der Waals surface area (Å²) in [6, 6.07) is 7.28. The molecule has 0 aliphatic rings. The zero-order valence-corrected chi connectivity index (χ0v) is 14.7. The lowest BCUT2D eigenvalue weighted by atomic mass is 9.98. The second-order valence-electron chi connectivity index (χ2n) is 6.34. The topological polar surface area (TPSA) is 15.3 Å². The predicted molar refractivity (Wildman–Crippen MR) is 94.0 cm³/mol. The van der Waals surface area contributed by atoms with Gasteiger partial charge in [-0.3, -0.25) is 0 Å². The fourth-order valence-electron chi connectivity index (χ4n) is 2.84. The molecule has 0 saturated heterocycles. The fraction of sp³-hybridized carbons (Fsp3) is 0.684. The van der Waals surface area contributed by atoms with E-state index >= 15 is 0 Å². The first-order valence-corrected chi connectivity index (χ1v) is 8.57. The van der Waals surface area contributed by atoms with Crippen LogP contribution in [0, 0.1) is 13.8 Å². The fourth-order valence-corrected chi connectivity index (χ4v) is 2.84. The lowest BCUT2D eigenvalue weighted by Crippen LogP contribution is -2.34. The summed E-state index contributed by atoms with van der Waals surface area (Å²) in [5, 5.41) is 3.73. The molecule has 0 saturated carbocycles. The van der Waals surface area contributed by atoms with Crippen molar-refractivity contribution in [3.05, 3.63) is 34.9 Å². The van der Waals surface area contributed by atoms with Gasteiger partial charge in [0.1, 0.15) is 0 Å². The van der Waals surface area contributed by atoms with Crippen molar-refractivity contribution in [3.63, 3.8) is 0 Å². The summed E-state index contributed by atoms with van der Waals surface area (Å²) >= 11 is 0. The molecule has 0 spiro atoms. The number of aryl methyl sites for hydroxylation is 2. The number of nitrogens with one attached hydrogen (secondary N) is 1. The van der Waals surface area contributed by atoms with Crippen LogP contribution in [0.25, 0.3) is 0 Å². The Bertz CT molecular complexity index is 401. The lowest BCUT2D eigenvalue weighted by Gasteiger charge is -2.27. The van der Waals surface area contributed by atoms with Gasteiger partial charge in [-0.15, -0.1) is 0 Å². The predicted octanol–water partition coefficient (Wildman–Crippen LogP) is 4.47. The van der Waals surface area contributed by atoms with Crippen LogP contribution >= 0.6 is 0 Å². The van der Waals surface area contributed by atoms with Gasteiger partial charge in [-0.2, -0.15) is 0 Å². The molecule has 1 atom stereocenters. The zero-order chi connectivity index (χ0) is 15.7. The Morgan fingerprint density at radius 1 is 1.10 bits per heavy atom. The highest BCUT2D eigenvalue weighted by Gasteiger charge is 2.15. The Morgan fingerprint density at radius 3 is 2.48 bits per heavy atom. The average molecular weight is 290 g/mol. The van der Waals surface area contributed by atoms with Gasteiger partial charge in [0.15, 0.2) is 0 Å². The van der Waals surface area contributed by atoms with Gasteiger partial charge in [-0.05, 0) is 58.0 Å². The summed E-state index contributed by atoms with van der Waals surface area (Å²) in [6.07, 6.45) is 5.12. The summed E-state index contributed by atoms with van der Waals surface area (Å²) in [4.78, 5) is 2.47. The molecule has 2 nitrogen and oxygen atoms in total. The second-order valence-corrected chi connectivity index (χ2v) is 6.34. The molecule has 0 aromatic heterocycles. The summed E-state index contributed by atoms with van der Waals surface area (Å²) in [5.41, 5.74) is 4.21. The monoisotopic (exact) mass is 290 g/mol. The van der Waals surface area contributed by atoms with Gasteiger partial charge in [0.25, 0.3) is 0 Å². The minimum atomic E-state index is 0.442. The van der Waals surface area contributed by atoms with E-state index < -0.39 is 0 Å². The molecule has 21 heavy (non-hydrogen) atoms. The van der Waals surface area contributed by atoms with E-state index in [1.165, 1.54) is 48.9 Å². The molecule has 1 rings (SSSR count). The van der Waals surface area contributed by atoms with Crippen molar-refractivity contribution in [2.24, 2.45) is 0 Å². The van der Waals surface area contributed by atoms with Gasteiger partial charge in [0, 0.05) is 12.6 Å². The maximum atomic E-state index is 3.73. The van der Waals surface area contributed by atoms with Crippen LogP contribution in [0.1, 0.15) is 62.3 Å². The Hall–Kier alpha value is -0.860. The van der Waals surface area contributed by atoms with Crippen LogP contribution < -0.4 is 5.32 Å². The Kier molecular flexibility index (Phi) is 8.63. The van der Waals surface area contributed by atoms with Crippen LogP contribution in [0.3, 0.4) is 0 Å². The first-order chi connectivity index (χ1) is 10.1. The first kappa shape index (κ1) is 18.2. The van der Waals surface area contributed by atoms with Gasteiger partial charge in [-0.25, -0.2) is 0 Å². The number of hydrogen-bond donors (Lipinski definition) is 1. The first-order valence-electron chi connectivity index (χ1n) is 8.57. The van der Waals surface area contributed by atoms with Crippen LogP contribution in [-0.4, -0.2) is 31.6 Å². The molecule has 0 radical (unpaired) electrons. The normalized spacial score (nSPS) is 12.9. The second kappa shape index (κ2) is 9.97. The molecule has 0 fully saturated rings. The van der Waals surface area contributed by atoms with E-state index in [1.807, 2.05) is 0 Å². The van der Waals surface area contributed by atoms with Gasteiger partial charge in [0.05, 0.1) is 0 Å². The molecule has 0 bridgehead atoms. The average Bonchev–Trinajstić information content (AvgIpc) is 2.44. The molecule has 1 aromatic rings. The minimum Gasteiger partial charge on any atom is -0.309 e. The van der Waals surface area contributed by atoms with Gasteiger partial charge in [0.2, 0.25) is 0 Å². The number of hydrogen-bond acceptors (Lipinski definition) is 2. The highest BCUT2D eigenvalue weighted by atomic mass is 15.1. The van der Waals surface area contributed by atoms with E-state index in [4.69, 9.17) is 0 Å². The van der Waals surface area contributed by atoms with Crippen LogP contribution in [0.15, 0.2) is 18.2 Å². The molecule has 2 heteroatoms. The number of unbranched alkanes of at least 4 members (excludes halogenated alkanes) is 2. The smallest absolute Gasteiger partial charge is 0.0451 e. The van der Waals surface area contributed by atoms with Gasteiger partial charge in [-0.1, -0.05) is 50.5 Å². The van der Waals surface area contributed by atoms with E-state index in [-0.39, 0.29) is 0 Å². The summed E-state index contributed by atoms with van der Waals surface area (Å²) < 4.78 is 0. The van der Waals surface area contributed by atoms with E-state index in [9.17, 15) is 0 Å². The molecule has 120 valence electrons. The zero-order valence-electron chi connectivity index (χ0n) is 14.7. The Labute approximate surface area is 131 Å². The van der Waals surface area contributed by atoms with Crippen molar-refractivity contribution < 1.29 is 0 Å². The minimum absolute atomic E-state index is 0.442. The number of benzene rings is 1. The van der Waals surface area contributed by atoms with Crippen LogP contribution in [-0.2, 0) is 0 Å². The lowest BCUT2D eigenvalue weighted by molar-refractivity contribution is 0.284. The maximum absolute atomic E-state index is 3.73. The van der Waals surface area contributed by atoms with Crippen molar-refractivity contribution in [2.75, 3.05) is 26.7 Å². The highest BCUT2D eigenvalue weighted by molar-refractivity contribution is 5.33. The van der Waals surface area contributed by atoms with Crippen molar-refractivity contribution in [3.8, 4) is 0 Å². The van der Waals surface area contributed by atoms with Crippen LogP contribution in [0.4, 0.5) is 0 Å². The standard InChI is InChI=1S/C19H34N2/c1-6-8-9-13-21(5)15-19(20-12-7-2)18-11-10-16(3)14-17(18)4/h10-11,14,19-20H,6-9,12-13,15H2,1-5H3.